The summed E-state index contributed by atoms with van der Waals surface area (Å²) < 4.78 is 51.3. The van der Waals surface area contributed by atoms with Crippen LogP contribution >= 0.6 is 0 Å². The molecular formula is C13H15F4NO2. The zero-order valence-corrected chi connectivity index (χ0v) is 11.0. The van der Waals surface area contributed by atoms with Crippen molar-refractivity contribution in [2.75, 3.05) is 13.6 Å². The molecule has 0 heterocycles. The van der Waals surface area contributed by atoms with Gasteiger partial charge in [-0.25, -0.2) is 4.39 Å². The quantitative estimate of drug-likeness (QED) is 0.867. The predicted octanol–water partition coefficient (Wildman–Crippen LogP) is 2.69. The smallest absolute Gasteiger partial charge is 0.393 e. The maximum Gasteiger partial charge on any atom is 0.417 e. The van der Waals surface area contributed by atoms with Crippen LogP contribution < -0.4 is 0 Å². The molecule has 0 radical (unpaired) electrons. The molecule has 1 amide bonds. The normalized spacial score (nSPS) is 13.2. The van der Waals surface area contributed by atoms with Crippen LogP contribution in [0, 0.1) is 5.82 Å². The monoisotopic (exact) mass is 293 g/mol. The maximum absolute atomic E-state index is 12.9. The van der Waals surface area contributed by atoms with Gasteiger partial charge in [0.15, 0.2) is 0 Å². The van der Waals surface area contributed by atoms with Gasteiger partial charge in [0.2, 0.25) is 0 Å². The van der Waals surface area contributed by atoms with Crippen LogP contribution in [-0.4, -0.2) is 35.6 Å². The number of nitrogens with zero attached hydrogens (tertiary/aromatic N) is 1. The lowest BCUT2D eigenvalue weighted by Gasteiger charge is -2.20. The van der Waals surface area contributed by atoms with Gasteiger partial charge in [-0.05, 0) is 31.5 Å². The number of amides is 1. The fraction of sp³-hybridized carbons (Fsp3) is 0.462. The van der Waals surface area contributed by atoms with Gasteiger partial charge in [-0.15, -0.1) is 0 Å². The Morgan fingerprint density at radius 3 is 2.50 bits per heavy atom. The summed E-state index contributed by atoms with van der Waals surface area (Å²) >= 11 is 0. The van der Waals surface area contributed by atoms with Crippen LogP contribution in [0.5, 0.6) is 0 Å². The molecule has 20 heavy (non-hydrogen) atoms. The van der Waals surface area contributed by atoms with Gasteiger partial charge in [0.25, 0.3) is 5.91 Å². The maximum atomic E-state index is 12.9. The number of halogens is 4. The highest BCUT2D eigenvalue weighted by Gasteiger charge is 2.36. The number of carbonyl (C=O) groups excluding carboxylic acids is 1. The molecule has 7 heteroatoms. The van der Waals surface area contributed by atoms with E-state index < -0.39 is 35.1 Å². The number of alkyl halides is 3. The Morgan fingerprint density at radius 2 is 2.00 bits per heavy atom. The van der Waals surface area contributed by atoms with Gasteiger partial charge < -0.3 is 10.0 Å². The molecule has 0 aliphatic heterocycles. The first-order valence-electron chi connectivity index (χ1n) is 5.93. The fourth-order valence-corrected chi connectivity index (χ4v) is 1.63. The summed E-state index contributed by atoms with van der Waals surface area (Å²) in [5.74, 6) is -1.92. The molecule has 1 aromatic carbocycles. The molecule has 3 nitrogen and oxygen atoms in total. The Hall–Kier alpha value is -1.63. The summed E-state index contributed by atoms with van der Waals surface area (Å²) in [6.45, 7) is 1.61. The average Bonchev–Trinajstić information content (AvgIpc) is 2.33. The van der Waals surface area contributed by atoms with E-state index in [-0.39, 0.29) is 13.0 Å². The summed E-state index contributed by atoms with van der Waals surface area (Å²) in [5, 5.41) is 9.11. The van der Waals surface area contributed by atoms with Crippen LogP contribution in [0.2, 0.25) is 0 Å². The Labute approximate surface area is 113 Å². The molecule has 1 N–H and O–H groups in total. The van der Waals surface area contributed by atoms with Gasteiger partial charge >= 0.3 is 6.18 Å². The van der Waals surface area contributed by atoms with E-state index in [9.17, 15) is 22.4 Å². The van der Waals surface area contributed by atoms with Crippen molar-refractivity contribution in [2.45, 2.75) is 25.6 Å². The van der Waals surface area contributed by atoms with E-state index in [1.807, 2.05) is 0 Å². The van der Waals surface area contributed by atoms with Gasteiger partial charge in [0.1, 0.15) is 5.82 Å². The van der Waals surface area contributed by atoms with Crippen LogP contribution in [-0.2, 0) is 6.18 Å². The minimum absolute atomic E-state index is 0.102. The molecule has 0 aromatic heterocycles. The highest BCUT2D eigenvalue weighted by molar-refractivity contribution is 5.95. The summed E-state index contributed by atoms with van der Waals surface area (Å²) in [6, 6.07) is 1.93. The molecule has 1 rings (SSSR count). The van der Waals surface area contributed by atoms with Crippen molar-refractivity contribution in [3.8, 4) is 0 Å². The Balaban J connectivity index is 3.04. The highest BCUT2D eigenvalue weighted by Crippen LogP contribution is 2.33. The molecule has 1 atom stereocenters. The zero-order valence-electron chi connectivity index (χ0n) is 11.0. The second-order valence-corrected chi connectivity index (χ2v) is 4.55. The van der Waals surface area contributed by atoms with Crippen molar-refractivity contribution >= 4 is 5.91 Å². The van der Waals surface area contributed by atoms with Crippen molar-refractivity contribution in [3.63, 3.8) is 0 Å². The molecule has 0 fully saturated rings. The third-order valence-electron chi connectivity index (χ3n) is 2.75. The van der Waals surface area contributed by atoms with Crippen LogP contribution in [0.4, 0.5) is 17.6 Å². The Bertz CT molecular complexity index is 486. The zero-order chi connectivity index (χ0) is 15.5. The van der Waals surface area contributed by atoms with Crippen molar-refractivity contribution in [3.05, 3.63) is 35.1 Å². The molecule has 0 saturated carbocycles. The number of carbonyl (C=O) groups is 1. The first kappa shape index (κ1) is 16.4. The molecule has 0 aliphatic carbocycles. The van der Waals surface area contributed by atoms with Crippen molar-refractivity contribution < 1.29 is 27.5 Å². The second-order valence-electron chi connectivity index (χ2n) is 4.55. The third kappa shape index (κ3) is 4.19. The van der Waals surface area contributed by atoms with E-state index in [0.29, 0.717) is 6.07 Å². The molecule has 0 saturated heterocycles. The number of benzene rings is 1. The standard InChI is InChI=1S/C13H15F4NO2/c1-8(19)5-6-18(2)12(20)10-4-3-9(14)7-11(10)13(15,16)17/h3-4,7-8,19H,5-6H2,1-2H3. The van der Waals surface area contributed by atoms with Crippen molar-refractivity contribution in [2.24, 2.45) is 0 Å². The topological polar surface area (TPSA) is 40.5 Å². The summed E-state index contributed by atoms with van der Waals surface area (Å²) in [6.07, 6.45) is -5.23. The molecule has 1 aromatic rings. The third-order valence-corrected chi connectivity index (χ3v) is 2.75. The van der Waals surface area contributed by atoms with Gasteiger partial charge in [-0.1, -0.05) is 0 Å². The first-order chi connectivity index (χ1) is 9.12. The fourth-order valence-electron chi connectivity index (χ4n) is 1.63. The summed E-state index contributed by atoms with van der Waals surface area (Å²) in [5.41, 5.74) is -1.90. The average molecular weight is 293 g/mol. The lowest BCUT2D eigenvalue weighted by Crippen LogP contribution is -2.31. The van der Waals surface area contributed by atoms with Crippen molar-refractivity contribution in [1.82, 2.24) is 4.90 Å². The molecule has 112 valence electrons. The molecular weight excluding hydrogens is 278 g/mol. The lowest BCUT2D eigenvalue weighted by molar-refractivity contribution is -0.138. The molecule has 0 spiro atoms. The van der Waals surface area contributed by atoms with Crippen LogP contribution in [0.15, 0.2) is 18.2 Å². The Morgan fingerprint density at radius 1 is 1.40 bits per heavy atom. The SMILES string of the molecule is CC(O)CCN(C)C(=O)c1ccc(F)cc1C(F)(F)F. The van der Waals surface area contributed by atoms with Crippen LogP contribution in [0.3, 0.4) is 0 Å². The van der Waals surface area contributed by atoms with E-state index in [1.165, 1.54) is 14.0 Å². The second kappa shape index (κ2) is 6.21. The van der Waals surface area contributed by atoms with Crippen LogP contribution in [0.25, 0.3) is 0 Å². The molecule has 0 bridgehead atoms. The number of aliphatic hydroxyl groups excluding tert-OH is 1. The highest BCUT2D eigenvalue weighted by atomic mass is 19.4. The minimum Gasteiger partial charge on any atom is -0.393 e. The van der Waals surface area contributed by atoms with Gasteiger partial charge in [-0.2, -0.15) is 13.2 Å². The minimum atomic E-state index is -4.81. The van der Waals surface area contributed by atoms with Gasteiger partial charge in [-0.3, -0.25) is 4.79 Å². The van der Waals surface area contributed by atoms with Crippen molar-refractivity contribution in [1.29, 1.82) is 0 Å². The van der Waals surface area contributed by atoms with Gasteiger partial charge in [0.05, 0.1) is 17.2 Å². The number of hydrogen-bond acceptors (Lipinski definition) is 2. The predicted molar refractivity (Wildman–Crippen MR) is 64.7 cm³/mol. The lowest BCUT2D eigenvalue weighted by atomic mass is 10.1. The van der Waals surface area contributed by atoms with E-state index in [1.54, 1.807) is 0 Å². The number of rotatable bonds is 4. The van der Waals surface area contributed by atoms with E-state index in [0.717, 1.165) is 17.0 Å². The first-order valence-corrected chi connectivity index (χ1v) is 5.93. The van der Waals surface area contributed by atoms with E-state index in [2.05, 4.69) is 0 Å². The van der Waals surface area contributed by atoms with E-state index in [4.69, 9.17) is 5.11 Å². The number of aliphatic hydroxyl groups is 1. The van der Waals surface area contributed by atoms with E-state index >= 15 is 0 Å². The molecule has 0 aliphatic rings. The molecule has 1 unspecified atom stereocenters. The largest absolute Gasteiger partial charge is 0.417 e. The number of hydrogen-bond donors (Lipinski definition) is 1. The van der Waals surface area contributed by atoms with Gasteiger partial charge in [0, 0.05) is 13.6 Å². The van der Waals surface area contributed by atoms with Crippen LogP contribution in [0.1, 0.15) is 29.3 Å². The Kier molecular flexibility index (Phi) is 5.10. The summed E-state index contributed by atoms with van der Waals surface area (Å²) in [4.78, 5) is 13.0. The summed E-state index contributed by atoms with van der Waals surface area (Å²) in [7, 11) is 1.33.